The van der Waals surface area contributed by atoms with Gasteiger partial charge in [-0.2, -0.15) is 0 Å². The number of halogens is 1. The number of amides is 1. The van der Waals surface area contributed by atoms with Crippen LogP contribution < -0.4 is 5.32 Å². The molecule has 0 spiro atoms. The molecule has 1 amide bonds. The van der Waals surface area contributed by atoms with E-state index >= 15 is 0 Å². The fourth-order valence-corrected chi connectivity index (χ4v) is 2.82. The second-order valence-electron chi connectivity index (χ2n) is 4.82. The van der Waals surface area contributed by atoms with E-state index in [0.29, 0.717) is 5.92 Å². The van der Waals surface area contributed by atoms with Crippen LogP contribution in [0.3, 0.4) is 0 Å². The Balaban J connectivity index is 1.59. The van der Waals surface area contributed by atoms with Crippen LogP contribution in [-0.4, -0.2) is 12.5 Å². The molecule has 1 aliphatic rings. The zero-order valence-corrected chi connectivity index (χ0v) is 12.6. The summed E-state index contributed by atoms with van der Waals surface area (Å²) < 4.78 is 1.14. The Labute approximate surface area is 126 Å². The van der Waals surface area contributed by atoms with E-state index in [1.807, 2.05) is 24.3 Å². The number of hydrogen-bond donors (Lipinski definition) is 1. The Morgan fingerprint density at radius 3 is 2.63 bits per heavy atom. The van der Waals surface area contributed by atoms with Crippen LogP contribution in [0, 0.1) is 3.57 Å². The van der Waals surface area contributed by atoms with Crippen molar-refractivity contribution in [1.82, 2.24) is 5.32 Å². The minimum absolute atomic E-state index is 0.0146. The zero-order chi connectivity index (χ0) is 13.2. The molecule has 0 aromatic heterocycles. The highest BCUT2D eigenvalue weighted by molar-refractivity contribution is 14.1. The van der Waals surface area contributed by atoms with Crippen molar-refractivity contribution in [1.29, 1.82) is 0 Å². The summed E-state index contributed by atoms with van der Waals surface area (Å²) in [5, 5.41) is 3.02. The Kier molecular flexibility index (Phi) is 3.55. The molecule has 0 saturated carbocycles. The molecule has 1 atom stereocenters. The van der Waals surface area contributed by atoms with E-state index < -0.39 is 0 Å². The molecule has 2 aromatic carbocycles. The highest BCUT2D eigenvalue weighted by Crippen LogP contribution is 2.33. The smallest absolute Gasteiger partial charge is 0.251 e. The van der Waals surface area contributed by atoms with E-state index in [4.69, 9.17) is 0 Å². The Morgan fingerprint density at radius 2 is 1.89 bits per heavy atom. The number of fused-ring (bicyclic) bond motifs is 1. The maximum absolute atomic E-state index is 12.0. The number of carbonyl (C=O) groups is 1. The quantitative estimate of drug-likeness (QED) is 0.833. The second kappa shape index (κ2) is 5.33. The molecule has 19 heavy (non-hydrogen) atoms. The summed E-state index contributed by atoms with van der Waals surface area (Å²) in [6.45, 7) is 0.724. The molecule has 0 fully saturated rings. The molecular weight excluding hydrogens is 349 g/mol. The van der Waals surface area contributed by atoms with Gasteiger partial charge in [-0.1, -0.05) is 24.3 Å². The zero-order valence-electron chi connectivity index (χ0n) is 10.4. The summed E-state index contributed by atoms with van der Waals surface area (Å²) in [5.74, 6) is 0.491. The predicted molar refractivity (Wildman–Crippen MR) is 84.4 cm³/mol. The van der Waals surface area contributed by atoms with E-state index in [9.17, 15) is 4.79 Å². The van der Waals surface area contributed by atoms with Gasteiger partial charge in [0, 0.05) is 21.6 Å². The molecule has 0 bridgehead atoms. The summed E-state index contributed by atoms with van der Waals surface area (Å²) in [4.78, 5) is 12.0. The molecule has 2 nitrogen and oxygen atoms in total. The Bertz CT molecular complexity index is 606. The molecule has 1 aliphatic carbocycles. The molecule has 3 heteroatoms. The number of benzene rings is 2. The maximum Gasteiger partial charge on any atom is 0.251 e. The molecule has 3 rings (SSSR count). The summed E-state index contributed by atoms with van der Waals surface area (Å²) >= 11 is 2.24. The van der Waals surface area contributed by atoms with Gasteiger partial charge in [-0.15, -0.1) is 0 Å². The SMILES string of the molecule is O=C(NCC1Cc2ccccc21)c1ccc(I)cc1. The first-order valence-electron chi connectivity index (χ1n) is 6.35. The van der Waals surface area contributed by atoms with E-state index in [2.05, 4.69) is 52.2 Å². The predicted octanol–water partition coefficient (Wildman–Crippen LogP) is 3.36. The van der Waals surface area contributed by atoms with Crippen LogP contribution in [0.25, 0.3) is 0 Å². The first-order valence-corrected chi connectivity index (χ1v) is 7.43. The lowest BCUT2D eigenvalue weighted by molar-refractivity contribution is 0.0950. The number of carbonyl (C=O) groups excluding carboxylic acids is 1. The molecule has 1 N–H and O–H groups in total. The van der Waals surface area contributed by atoms with Crippen molar-refractivity contribution in [3.05, 3.63) is 68.8 Å². The summed E-state index contributed by atoms with van der Waals surface area (Å²) in [7, 11) is 0. The van der Waals surface area contributed by atoms with Gasteiger partial charge in [0.1, 0.15) is 0 Å². The van der Waals surface area contributed by atoms with Crippen LogP contribution in [0.15, 0.2) is 48.5 Å². The molecule has 0 radical (unpaired) electrons. The van der Waals surface area contributed by atoms with Gasteiger partial charge in [0.15, 0.2) is 0 Å². The van der Waals surface area contributed by atoms with Gasteiger partial charge in [0.2, 0.25) is 0 Å². The molecule has 0 aliphatic heterocycles. The number of nitrogens with one attached hydrogen (secondary N) is 1. The van der Waals surface area contributed by atoms with Gasteiger partial charge in [-0.3, -0.25) is 4.79 Å². The van der Waals surface area contributed by atoms with Crippen molar-refractivity contribution in [3.63, 3.8) is 0 Å². The topological polar surface area (TPSA) is 29.1 Å². The summed E-state index contributed by atoms with van der Waals surface area (Å²) in [6.07, 6.45) is 1.07. The van der Waals surface area contributed by atoms with Crippen molar-refractivity contribution in [2.45, 2.75) is 12.3 Å². The molecule has 1 unspecified atom stereocenters. The summed E-state index contributed by atoms with van der Waals surface area (Å²) in [5.41, 5.74) is 3.52. The Morgan fingerprint density at radius 1 is 1.16 bits per heavy atom. The average Bonchev–Trinajstić information content (AvgIpc) is 2.40. The average molecular weight is 363 g/mol. The van der Waals surface area contributed by atoms with Crippen LogP contribution >= 0.6 is 22.6 Å². The van der Waals surface area contributed by atoms with Crippen molar-refractivity contribution in [3.8, 4) is 0 Å². The fourth-order valence-electron chi connectivity index (χ4n) is 2.46. The number of rotatable bonds is 3. The van der Waals surface area contributed by atoms with Crippen molar-refractivity contribution in [2.75, 3.05) is 6.54 Å². The monoisotopic (exact) mass is 363 g/mol. The Hall–Kier alpha value is -1.36. The van der Waals surface area contributed by atoms with Crippen molar-refractivity contribution < 1.29 is 4.79 Å². The first kappa shape index (κ1) is 12.7. The van der Waals surface area contributed by atoms with Crippen LogP contribution in [0.4, 0.5) is 0 Å². The third kappa shape index (κ3) is 2.66. The van der Waals surface area contributed by atoms with Gasteiger partial charge >= 0.3 is 0 Å². The standard InChI is InChI=1S/C16H14INO/c17-14-7-5-11(6-8-14)16(19)18-10-13-9-12-3-1-2-4-15(12)13/h1-8,13H,9-10H2,(H,18,19). The fraction of sp³-hybridized carbons (Fsp3) is 0.188. The van der Waals surface area contributed by atoms with Crippen LogP contribution in [-0.2, 0) is 6.42 Å². The third-order valence-electron chi connectivity index (χ3n) is 3.58. The van der Waals surface area contributed by atoms with E-state index in [-0.39, 0.29) is 5.91 Å². The number of hydrogen-bond acceptors (Lipinski definition) is 1. The maximum atomic E-state index is 12.0. The first-order chi connectivity index (χ1) is 9.24. The minimum atomic E-state index is 0.0146. The molecule has 96 valence electrons. The normalized spacial score (nSPS) is 16.4. The van der Waals surface area contributed by atoms with E-state index in [1.165, 1.54) is 11.1 Å². The van der Waals surface area contributed by atoms with E-state index in [1.54, 1.807) is 0 Å². The van der Waals surface area contributed by atoms with Crippen LogP contribution in [0.5, 0.6) is 0 Å². The molecular formula is C16H14INO. The minimum Gasteiger partial charge on any atom is -0.351 e. The lowest BCUT2D eigenvalue weighted by Gasteiger charge is -2.30. The van der Waals surface area contributed by atoms with Gasteiger partial charge in [0.05, 0.1) is 0 Å². The van der Waals surface area contributed by atoms with Crippen molar-refractivity contribution >= 4 is 28.5 Å². The lowest BCUT2D eigenvalue weighted by Crippen LogP contribution is -2.33. The molecule has 2 aromatic rings. The summed E-state index contributed by atoms with van der Waals surface area (Å²) in [6, 6.07) is 16.1. The highest BCUT2D eigenvalue weighted by atomic mass is 127. The second-order valence-corrected chi connectivity index (χ2v) is 6.06. The lowest BCUT2D eigenvalue weighted by atomic mass is 9.77. The third-order valence-corrected chi connectivity index (χ3v) is 4.30. The molecule has 0 heterocycles. The van der Waals surface area contributed by atoms with Crippen molar-refractivity contribution in [2.24, 2.45) is 0 Å². The van der Waals surface area contributed by atoms with E-state index in [0.717, 1.165) is 22.1 Å². The van der Waals surface area contributed by atoms with Crippen LogP contribution in [0.1, 0.15) is 27.4 Å². The molecule has 0 saturated heterocycles. The van der Waals surface area contributed by atoms with Gasteiger partial charge in [0.25, 0.3) is 5.91 Å². The highest BCUT2D eigenvalue weighted by Gasteiger charge is 2.25. The largest absolute Gasteiger partial charge is 0.351 e. The van der Waals surface area contributed by atoms with Gasteiger partial charge < -0.3 is 5.32 Å². The van der Waals surface area contributed by atoms with Gasteiger partial charge in [-0.25, -0.2) is 0 Å². The van der Waals surface area contributed by atoms with Crippen LogP contribution in [0.2, 0.25) is 0 Å². The van der Waals surface area contributed by atoms with Gasteiger partial charge in [-0.05, 0) is 64.4 Å².